The van der Waals surface area contributed by atoms with Gasteiger partial charge in [0.1, 0.15) is 10.6 Å². The van der Waals surface area contributed by atoms with Crippen molar-refractivity contribution in [1.29, 1.82) is 0 Å². The van der Waals surface area contributed by atoms with Crippen molar-refractivity contribution in [3.05, 3.63) is 62.7 Å². The lowest BCUT2D eigenvalue weighted by Crippen LogP contribution is -2.20. The van der Waals surface area contributed by atoms with Gasteiger partial charge in [0.2, 0.25) is 5.91 Å². The third-order valence-electron chi connectivity index (χ3n) is 3.21. The van der Waals surface area contributed by atoms with Gasteiger partial charge < -0.3 is 5.32 Å². The summed E-state index contributed by atoms with van der Waals surface area (Å²) in [6.07, 6.45) is 0. The Morgan fingerprint density at radius 3 is 2.38 bits per heavy atom. The standard InChI is InChI=1S/C15H10F3N3O6S2/c16-15(17,18)28-11-3-1-2-9(6-11)19-14(22)8-29(27)13-5-4-10(20(23)24)7-12(13)21(25)26/h1-7H,8H2,(H,19,22). The summed E-state index contributed by atoms with van der Waals surface area (Å²) in [5, 5.41) is 24.1. The number of thioether (sulfide) groups is 1. The van der Waals surface area contributed by atoms with Gasteiger partial charge in [-0.1, -0.05) is 6.07 Å². The minimum atomic E-state index is -4.51. The summed E-state index contributed by atoms with van der Waals surface area (Å²) in [6, 6.07) is 7.30. The lowest BCUT2D eigenvalue weighted by Gasteiger charge is -2.09. The molecule has 14 heteroatoms. The Balaban J connectivity index is 2.14. The van der Waals surface area contributed by atoms with Crippen LogP contribution in [0.3, 0.4) is 0 Å². The molecule has 0 fully saturated rings. The molecule has 154 valence electrons. The van der Waals surface area contributed by atoms with Crippen molar-refractivity contribution in [1.82, 2.24) is 0 Å². The molecule has 0 heterocycles. The van der Waals surface area contributed by atoms with E-state index in [9.17, 15) is 42.4 Å². The highest BCUT2D eigenvalue weighted by Crippen LogP contribution is 2.37. The second-order valence-electron chi connectivity index (χ2n) is 5.28. The quantitative estimate of drug-likeness (QED) is 0.385. The second kappa shape index (κ2) is 9.00. The molecule has 0 aliphatic rings. The zero-order chi connectivity index (χ0) is 21.8. The van der Waals surface area contributed by atoms with E-state index in [0.29, 0.717) is 6.07 Å². The molecule has 0 saturated carbocycles. The van der Waals surface area contributed by atoms with Crippen LogP contribution in [0.25, 0.3) is 0 Å². The van der Waals surface area contributed by atoms with E-state index in [1.54, 1.807) is 0 Å². The molecule has 2 rings (SSSR count). The number of non-ortho nitro benzene ring substituents is 1. The van der Waals surface area contributed by atoms with Crippen LogP contribution < -0.4 is 5.32 Å². The largest absolute Gasteiger partial charge is 0.446 e. The number of nitro groups is 2. The van der Waals surface area contributed by atoms with E-state index in [1.165, 1.54) is 18.2 Å². The monoisotopic (exact) mass is 449 g/mol. The molecule has 1 atom stereocenters. The fourth-order valence-corrected chi connectivity index (χ4v) is 3.77. The topological polar surface area (TPSA) is 132 Å². The van der Waals surface area contributed by atoms with Crippen LogP contribution in [0, 0.1) is 20.2 Å². The van der Waals surface area contributed by atoms with Crippen molar-refractivity contribution in [2.45, 2.75) is 15.3 Å². The fourth-order valence-electron chi connectivity index (χ4n) is 2.12. The maximum absolute atomic E-state index is 12.4. The average molecular weight is 449 g/mol. The van der Waals surface area contributed by atoms with Gasteiger partial charge in [0.15, 0.2) is 0 Å². The van der Waals surface area contributed by atoms with Gasteiger partial charge in [0.25, 0.3) is 11.4 Å². The van der Waals surface area contributed by atoms with Gasteiger partial charge in [-0.15, -0.1) is 0 Å². The summed E-state index contributed by atoms with van der Waals surface area (Å²) >= 11 is -0.380. The molecular formula is C15H10F3N3O6S2. The van der Waals surface area contributed by atoms with Crippen LogP contribution in [0.4, 0.5) is 30.2 Å². The Morgan fingerprint density at radius 2 is 1.79 bits per heavy atom. The van der Waals surface area contributed by atoms with Crippen molar-refractivity contribution < 1.29 is 32.0 Å². The SMILES string of the molecule is O=C(CS(=O)c1ccc([N+](=O)[O-])cc1[N+](=O)[O-])Nc1cccc(SC(F)(F)F)c1. The van der Waals surface area contributed by atoms with Gasteiger partial charge in [-0.25, -0.2) is 0 Å². The number of nitrogens with zero attached hydrogens (tertiary/aromatic N) is 2. The van der Waals surface area contributed by atoms with E-state index >= 15 is 0 Å². The fraction of sp³-hybridized carbons (Fsp3) is 0.133. The van der Waals surface area contributed by atoms with Crippen molar-refractivity contribution in [2.75, 3.05) is 11.1 Å². The number of rotatable bonds is 7. The lowest BCUT2D eigenvalue weighted by atomic mass is 10.3. The van der Waals surface area contributed by atoms with Gasteiger partial charge in [0, 0.05) is 16.6 Å². The van der Waals surface area contributed by atoms with Crippen LogP contribution in [0.5, 0.6) is 0 Å². The Bertz CT molecular complexity index is 1000. The highest BCUT2D eigenvalue weighted by atomic mass is 32.2. The molecule has 1 unspecified atom stereocenters. The van der Waals surface area contributed by atoms with E-state index in [4.69, 9.17) is 0 Å². The van der Waals surface area contributed by atoms with Crippen molar-refractivity contribution in [3.63, 3.8) is 0 Å². The molecule has 1 N–H and O–H groups in total. The van der Waals surface area contributed by atoms with Gasteiger partial charge in [0.05, 0.1) is 26.7 Å². The Kier molecular flexibility index (Phi) is 6.92. The number of nitrogens with one attached hydrogen (secondary N) is 1. The molecule has 1 amide bonds. The van der Waals surface area contributed by atoms with Crippen molar-refractivity contribution in [3.8, 4) is 0 Å². The highest BCUT2D eigenvalue weighted by Gasteiger charge is 2.29. The summed E-state index contributed by atoms with van der Waals surface area (Å²) in [6.45, 7) is 0. The Hall–Kier alpha value is -3.00. The molecule has 0 saturated heterocycles. The number of carbonyl (C=O) groups excluding carboxylic acids is 1. The minimum Gasteiger partial charge on any atom is -0.325 e. The van der Waals surface area contributed by atoms with E-state index in [2.05, 4.69) is 5.32 Å². The van der Waals surface area contributed by atoms with E-state index in [1.807, 2.05) is 0 Å². The average Bonchev–Trinajstić information content (AvgIpc) is 2.59. The number of anilines is 1. The summed E-state index contributed by atoms with van der Waals surface area (Å²) < 4.78 is 49.6. The number of carbonyl (C=O) groups is 1. The molecule has 0 bridgehead atoms. The number of amides is 1. The number of hydrogen-bond donors (Lipinski definition) is 1. The molecule has 0 aliphatic carbocycles. The normalized spacial score (nSPS) is 12.2. The predicted octanol–water partition coefficient (Wildman–Crippen LogP) is 3.86. The van der Waals surface area contributed by atoms with Gasteiger partial charge in [-0.2, -0.15) is 13.2 Å². The van der Waals surface area contributed by atoms with Crippen LogP contribution in [0.1, 0.15) is 0 Å². The first kappa shape index (κ1) is 22.3. The summed E-state index contributed by atoms with van der Waals surface area (Å²) in [5.41, 5.74) is -5.87. The molecule has 0 radical (unpaired) electrons. The van der Waals surface area contributed by atoms with Crippen molar-refractivity contribution in [2.24, 2.45) is 0 Å². The van der Waals surface area contributed by atoms with E-state index in [0.717, 1.165) is 18.2 Å². The predicted molar refractivity (Wildman–Crippen MR) is 98.0 cm³/mol. The molecule has 0 spiro atoms. The third kappa shape index (κ3) is 6.53. The number of benzene rings is 2. The number of hydrogen-bond acceptors (Lipinski definition) is 7. The smallest absolute Gasteiger partial charge is 0.325 e. The van der Waals surface area contributed by atoms with Crippen LogP contribution >= 0.6 is 11.8 Å². The maximum atomic E-state index is 12.4. The van der Waals surface area contributed by atoms with Gasteiger partial charge >= 0.3 is 5.51 Å². The molecule has 0 aromatic heterocycles. The summed E-state index contributed by atoms with van der Waals surface area (Å²) in [4.78, 5) is 31.4. The first-order chi connectivity index (χ1) is 13.5. The Morgan fingerprint density at radius 1 is 1.10 bits per heavy atom. The number of nitro benzene ring substituents is 2. The Labute approximate surface area is 167 Å². The van der Waals surface area contributed by atoms with Gasteiger partial charge in [-0.05, 0) is 36.0 Å². The zero-order valence-corrected chi connectivity index (χ0v) is 15.7. The molecule has 2 aromatic rings. The first-order valence-corrected chi connectivity index (χ1v) is 9.56. The van der Waals surface area contributed by atoms with Crippen molar-refractivity contribution >= 4 is 45.5 Å². The van der Waals surface area contributed by atoms with Crippen LogP contribution in [-0.2, 0) is 15.6 Å². The second-order valence-corrected chi connectivity index (χ2v) is 7.84. The molecule has 29 heavy (non-hydrogen) atoms. The molecular weight excluding hydrogens is 439 g/mol. The molecule has 9 nitrogen and oxygen atoms in total. The molecule has 0 aliphatic heterocycles. The first-order valence-electron chi connectivity index (χ1n) is 7.43. The van der Waals surface area contributed by atoms with E-state index < -0.39 is 54.1 Å². The van der Waals surface area contributed by atoms with Crippen LogP contribution in [-0.4, -0.2) is 31.2 Å². The highest BCUT2D eigenvalue weighted by molar-refractivity contribution is 8.00. The van der Waals surface area contributed by atoms with Crippen LogP contribution in [0.15, 0.2) is 52.3 Å². The summed E-state index contributed by atoms with van der Waals surface area (Å²) in [5.74, 6) is -1.61. The van der Waals surface area contributed by atoms with E-state index in [-0.39, 0.29) is 22.3 Å². The van der Waals surface area contributed by atoms with Gasteiger partial charge in [-0.3, -0.25) is 29.2 Å². The molecule has 2 aromatic carbocycles. The summed E-state index contributed by atoms with van der Waals surface area (Å²) in [7, 11) is -2.22. The minimum absolute atomic E-state index is 0.0134. The number of halogens is 3. The maximum Gasteiger partial charge on any atom is 0.446 e. The third-order valence-corrected chi connectivity index (χ3v) is 5.29. The lowest BCUT2D eigenvalue weighted by molar-refractivity contribution is -0.396. The number of alkyl halides is 3. The van der Waals surface area contributed by atoms with Crippen LogP contribution in [0.2, 0.25) is 0 Å². The zero-order valence-electron chi connectivity index (χ0n) is 14.0.